The van der Waals surface area contributed by atoms with Crippen LogP contribution in [-0.4, -0.2) is 46.4 Å². The van der Waals surface area contributed by atoms with E-state index in [-0.39, 0.29) is 11.9 Å². The van der Waals surface area contributed by atoms with E-state index in [1.165, 1.54) is 11.3 Å². The molecule has 1 aliphatic carbocycles. The van der Waals surface area contributed by atoms with Crippen LogP contribution in [0.4, 0.5) is 0 Å². The van der Waals surface area contributed by atoms with Gasteiger partial charge in [0.05, 0.1) is 5.69 Å². The number of aromatic amines is 1. The summed E-state index contributed by atoms with van der Waals surface area (Å²) in [4.78, 5) is 30.1. The van der Waals surface area contributed by atoms with Crippen LogP contribution in [0.1, 0.15) is 77.0 Å². The van der Waals surface area contributed by atoms with Gasteiger partial charge < -0.3 is 5.32 Å². The number of carbonyl (C=O) groups is 2. The van der Waals surface area contributed by atoms with Crippen molar-refractivity contribution in [2.75, 3.05) is 14.1 Å². The van der Waals surface area contributed by atoms with Crippen molar-refractivity contribution in [3.63, 3.8) is 0 Å². The number of H-pyrrole nitrogens is 1. The van der Waals surface area contributed by atoms with E-state index in [4.69, 9.17) is 0 Å². The zero-order valence-electron chi connectivity index (χ0n) is 22.1. The second-order valence-corrected chi connectivity index (χ2v) is 8.72. The number of aldehydes is 1. The SMILES string of the molecule is C#C.CC.CNC(=O)c1ccc(C(C)N(C)Cc2cc(-c3n[nH]c4c3C[C@H](C)C4)cnc2C=O)cc1. The summed E-state index contributed by atoms with van der Waals surface area (Å²) in [5, 5.41) is 10.3. The molecule has 7 heteroatoms. The summed E-state index contributed by atoms with van der Waals surface area (Å²) in [6.07, 6.45) is 12.6. The van der Waals surface area contributed by atoms with Gasteiger partial charge in [0.2, 0.25) is 0 Å². The van der Waals surface area contributed by atoms with Crippen molar-refractivity contribution in [3.05, 3.63) is 70.2 Å². The van der Waals surface area contributed by atoms with Gasteiger partial charge in [-0.1, -0.05) is 32.9 Å². The van der Waals surface area contributed by atoms with Crippen molar-refractivity contribution in [2.45, 2.75) is 53.1 Å². The van der Waals surface area contributed by atoms with Crippen molar-refractivity contribution in [1.29, 1.82) is 0 Å². The third-order valence-electron chi connectivity index (χ3n) is 6.41. The normalized spacial score (nSPS) is 14.5. The molecular weight excluding hydrogens is 450 g/mol. The van der Waals surface area contributed by atoms with Gasteiger partial charge in [0.1, 0.15) is 5.69 Å². The predicted octanol–water partition coefficient (Wildman–Crippen LogP) is 4.85. The second-order valence-electron chi connectivity index (χ2n) is 8.72. The Morgan fingerprint density at radius 1 is 1.25 bits per heavy atom. The zero-order valence-corrected chi connectivity index (χ0v) is 22.1. The van der Waals surface area contributed by atoms with E-state index in [1.54, 1.807) is 13.2 Å². The van der Waals surface area contributed by atoms with E-state index in [0.29, 0.717) is 23.7 Å². The minimum Gasteiger partial charge on any atom is -0.355 e. The van der Waals surface area contributed by atoms with Gasteiger partial charge in [-0.3, -0.25) is 24.6 Å². The number of aromatic nitrogens is 3. The fraction of sp³-hybridized carbons (Fsp3) is 0.379. The van der Waals surface area contributed by atoms with E-state index in [0.717, 1.165) is 41.5 Å². The minimum absolute atomic E-state index is 0.0902. The first-order valence-electron chi connectivity index (χ1n) is 12.3. The zero-order chi connectivity index (χ0) is 26.8. The number of pyridine rings is 1. The smallest absolute Gasteiger partial charge is 0.251 e. The summed E-state index contributed by atoms with van der Waals surface area (Å²) in [5.74, 6) is 0.511. The van der Waals surface area contributed by atoms with E-state index < -0.39 is 0 Å². The Morgan fingerprint density at radius 2 is 1.92 bits per heavy atom. The maximum absolute atomic E-state index is 11.8. The molecule has 4 rings (SSSR count). The fourth-order valence-electron chi connectivity index (χ4n) is 4.40. The van der Waals surface area contributed by atoms with Crippen LogP contribution in [0.5, 0.6) is 0 Å². The summed E-state index contributed by atoms with van der Waals surface area (Å²) in [6.45, 7) is 8.92. The topological polar surface area (TPSA) is 91.0 Å². The third kappa shape index (κ3) is 6.27. The monoisotopic (exact) mass is 487 g/mol. The average Bonchev–Trinajstić information content (AvgIpc) is 3.49. The molecule has 1 amide bonds. The van der Waals surface area contributed by atoms with Gasteiger partial charge in [-0.15, -0.1) is 12.8 Å². The van der Waals surface area contributed by atoms with Gasteiger partial charge in [0.15, 0.2) is 6.29 Å². The quantitative estimate of drug-likeness (QED) is 0.367. The Hall–Kier alpha value is -3.76. The number of hydrogen-bond donors (Lipinski definition) is 2. The van der Waals surface area contributed by atoms with Crippen molar-refractivity contribution in [1.82, 2.24) is 25.4 Å². The maximum Gasteiger partial charge on any atom is 0.251 e. The van der Waals surface area contributed by atoms with Crippen LogP contribution < -0.4 is 5.32 Å². The number of nitrogens with zero attached hydrogens (tertiary/aromatic N) is 3. The summed E-state index contributed by atoms with van der Waals surface area (Å²) in [5.41, 5.74) is 7.40. The summed E-state index contributed by atoms with van der Waals surface area (Å²) in [7, 11) is 3.64. The Morgan fingerprint density at radius 3 is 2.53 bits per heavy atom. The molecule has 1 aliphatic rings. The standard InChI is InChI=1S/C25H29N5O2.C2H6.C2H2/c1-15-9-21-22(10-15)28-29-24(21)19-11-20(23(14-31)27-12-19)13-30(4)16(2)17-5-7-18(8-6-17)25(32)26-3;2*1-2/h5-8,11-12,14-16H,9-10,13H2,1-4H3,(H,26,32)(H,28,29);1-2H3;1-2H/t15-,16?;;/m0../s1. The molecule has 2 N–H and O–H groups in total. The van der Waals surface area contributed by atoms with Gasteiger partial charge in [-0.25, -0.2) is 0 Å². The molecular formula is C29H37N5O2. The van der Waals surface area contributed by atoms with E-state index in [9.17, 15) is 9.59 Å². The highest BCUT2D eigenvalue weighted by Crippen LogP contribution is 2.33. The first kappa shape index (κ1) is 28.5. The van der Waals surface area contributed by atoms with Crippen LogP contribution in [0.2, 0.25) is 0 Å². The molecule has 0 spiro atoms. The molecule has 0 radical (unpaired) electrons. The maximum atomic E-state index is 11.8. The minimum atomic E-state index is -0.102. The van der Waals surface area contributed by atoms with Crippen LogP contribution in [0.3, 0.4) is 0 Å². The molecule has 0 bridgehead atoms. The number of amides is 1. The number of hydrogen-bond acceptors (Lipinski definition) is 5. The Bertz CT molecular complexity index is 1180. The molecule has 7 nitrogen and oxygen atoms in total. The number of carbonyl (C=O) groups excluding carboxylic acids is 2. The molecule has 2 atom stereocenters. The van der Waals surface area contributed by atoms with Crippen molar-refractivity contribution >= 4 is 12.2 Å². The van der Waals surface area contributed by atoms with Crippen LogP contribution in [0.25, 0.3) is 11.3 Å². The lowest BCUT2D eigenvalue weighted by Gasteiger charge is -2.26. The first-order valence-corrected chi connectivity index (χ1v) is 12.3. The molecule has 0 saturated heterocycles. The van der Waals surface area contributed by atoms with Crippen molar-refractivity contribution < 1.29 is 9.59 Å². The molecule has 2 heterocycles. The molecule has 2 aromatic heterocycles. The lowest BCUT2D eigenvalue weighted by Crippen LogP contribution is -2.23. The molecule has 1 unspecified atom stereocenters. The predicted molar refractivity (Wildman–Crippen MR) is 145 cm³/mol. The molecule has 190 valence electrons. The van der Waals surface area contributed by atoms with Crippen molar-refractivity contribution in [2.24, 2.45) is 5.92 Å². The molecule has 3 aromatic rings. The van der Waals surface area contributed by atoms with Gasteiger partial charge in [-0.2, -0.15) is 5.10 Å². The van der Waals surface area contributed by atoms with Crippen LogP contribution in [-0.2, 0) is 19.4 Å². The summed E-state index contributed by atoms with van der Waals surface area (Å²) in [6, 6.07) is 9.72. The van der Waals surface area contributed by atoms with E-state index in [2.05, 4.69) is 52.1 Å². The van der Waals surface area contributed by atoms with E-state index >= 15 is 0 Å². The number of terminal acetylenes is 1. The molecule has 36 heavy (non-hydrogen) atoms. The van der Waals surface area contributed by atoms with Crippen molar-refractivity contribution in [3.8, 4) is 24.1 Å². The molecule has 0 saturated carbocycles. The largest absolute Gasteiger partial charge is 0.355 e. The van der Waals surface area contributed by atoms with E-state index in [1.807, 2.05) is 51.2 Å². The number of nitrogens with one attached hydrogen (secondary N) is 2. The number of rotatable bonds is 7. The molecule has 0 fully saturated rings. The van der Waals surface area contributed by atoms with Gasteiger partial charge >= 0.3 is 0 Å². The average molecular weight is 488 g/mol. The lowest BCUT2D eigenvalue weighted by atomic mass is 10.0. The second kappa shape index (κ2) is 13.4. The van der Waals surface area contributed by atoms with Gasteiger partial charge in [-0.05, 0) is 62.1 Å². The van der Waals surface area contributed by atoms with Gasteiger partial charge in [0.25, 0.3) is 5.91 Å². The third-order valence-corrected chi connectivity index (χ3v) is 6.41. The lowest BCUT2D eigenvalue weighted by molar-refractivity contribution is 0.0962. The molecule has 1 aromatic carbocycles. The van der Waals surface area contributed by atoms with Crippen LogP contribution >= 0.6 is 0 Å². The van der Waals surface area contributed by atoms with Crippen LogP contribution in [0.15, 0.2) is 36.5 Å². The highest BCUT2D eigenvalue weighted by Gasteiger charge is 2.25. The summed E-state index contributed by atoms with van der Waals surface area (Å²) >= 11 is 0. The number of fused-ring (bicyclic) bond motifs is 1. The summed E-state index contributed by atoms with van der Waals surface area (Å²) < 4.78 is 0. The number of benzene rings is 1. The van der Waals surface area contributed by atoms with Crippen LogP contribution in [0, 0.1) is 18.8 Å². The highest BCUT2D eigenvalue weighted by atomic mass is 16.1. The first-order chi connectivity index (χ1) is 17.4. The Kier molecular flexibility index (Phi) is 10.6. The fourth-order valence-corrected chi connectivity index (χ4v) is 4.40. The Labute approximate surface area is 214 Å². The van der Waals surface area contributed by atoms with Gasteiger partial charge in [0, 0.05) is 48.2 Å². The highest BCUT2D eigenvalue weighted by molar-refractivity contribution is 5.93. The molecule has 0 aliphatic heterocycles. The Balaban J connectivity index is 0.00000109.